The lowest BCUT2D eigenvalue weighted by atomic mass is 10.1. The van der Waals surface area contributed by atoms with Crippen molar-refractivity contribution < 1.29 is 17.9 Å². The van der Waals surface area contributed by atoms with Crippen molar-refractivity contribution in [1.82, 2.24) is 5.32 Å². The molecule has 0 amide bonds. The number of rotatable bonds is 4. The van der Waals surface area contributed by atoms with E-state index in [4.69, 9.17) is 11.6 Å². The van der Waals surface area contributed by atoms with Gasteiger partial charge in [-0.3, -0.25) is 4.74 Å². The molecule has 1 N–H and O–H groups in total. The monoisotopic (exact) mass is 259 g/mol. The van der Waals surface area contributed by atoms with Crippen LogP contribution in [-0.2, 0) is 4.74 Å². The van der Waals surface area contributed by atoms with Crippen molar-refractivity contribution in [2.24, 2.45) is 0 Å². The lowest BCUT2D eigenvalue weighted by Gasteiger charge is -2.21. The van der Waals surface area contributed by atoms with Crippen LogP contribution in [-0.4, -0.2) is 30.9 Å². The molecule has 0 aromatic rings. The second kappa shape index (κ2) is 6.67. The molecule has 1 rings (SSSR count). The molecule has 16 heavy (non-hydrogen) atoms. The highest BCUT2D eigenvalue weighted by Crippen LogP contribution is 2.22. The maximum atomic E-state index is 11.7. The molecule has 2 atom stereocenters. The van der Waals surface area contributed by atoms with Gasteiger partial charge in [-0.05, 0) is 12.8 Å². The quantitative estimate of drug-likeness (QED) is 0.476. The number of hydrogen-bond acceptors (Lipinski definition) is 2. The van der Waals surface area contributed by atoms with Crippen molar-refractivity contribution in [3.8, 4) is 0 Å². The molecule has 1 fully saturated rings. The third kappa shape index (κ3) is 5.92. The number of alkyl halides is 4. The topological polar surface area (TPSA) is 21.3 Å². The summed E-state index contributed by atoms with van der Waals surface area (Å²) in [6, 6.07) is 0.112. The van der Waals surface area contributed by atoms with Crippen molar-refractivity contribution in [3.05, 3.63) is 0 Å². The van der Waals surface area contributed by atoms with Gasteiger partial charge < -0.3 is 5.32 Å². The maximum Gasteiger partial charge on any atom is 0.522 e. The summed E-state index contributed by atoms with van der Waals surface area (Å²) in [4.78, 5) is 0. The zero-order valence-corrected chi connectivity index (χ0v) is 9.78. The van der Waals surface area contributed by atoms with Crippen molar-refractivity contribution in [2.75, 3.05) is 13.2 Å². The summed E-state index contributed by atoms with van der Waals surface area (Å²) in [5.41, 5.74) is 0. The van der Waals surface area contributed by atoms with Gasteiger partial charge in [-0.15, -0.1) is 24.8 Å². The molecular formula is C10H17ClF3NO. The Morgan fingerprint density at radius 1 is 1.19 bits per heavy atom. The van der Waals surface area contributed by atoms with Crippen LogP contribution in [0.4, 0.5) is 13.2 Å². The minimum absolute atomic E-state index is 0.0217. The second-order valence-corrected chi connectivity index (χ2v) is 4.57. The van der Waals surface area contributed by atoms with Gasteiger partial charge in [0.05, 0.1) is 6.61 Å². The Labute approximate surface area is 98.5 Å². The van der Waals surface area contributed by atoms with Crippen LogP contribution < -0.4 is 5.32 Å². The molecule has 0 radical (unpaired) electrons. The average Bonchev–Trinajstić information content (AvgIpc) is 2.37. The third-order valence-electron chi connectivity index (χ3n) is 2.71. The standard InChI is InChI=1S/C10H17ClF3NO/c11-8-4-2-1-3-5-9(8)15-6-7-16-10(12,13)14/h8-9,15H,1-7H2. The largest absolute Gasteiger partial charge is 0.522 e. The third-order valence-corrected chi connectivity index (χ3v) is 3.23. The van der Waals surface area contributed by atoms with E-state index < -0.39 is 6.36 Å². The Kier molecular flexibility index (Phi) is 5.86. The molecule has 0 aromatic heterocycles. The first-order valence-electron chi connectivity index (χ1n) is 5.57. The van der Waals surface area contributed by atoms with Crippen molar-refractivity contribution in [2.45, 2.75) is 49.9 Å². The van der Waals surface area contributed by atoms with E-state index >= 15 is 0 Å². The van der Waals surface area contributed by atoms with Gasteiger partial charge in [-0.1, -0.05) is 19.3 Å². The maximum absolute atomic E-state index is 11.7. The summed E-state index contributed by atoms with van der Waals surface area (Å²) < 4.78 is 38.7. The smallest absolute Gasteiger partial charge is 0.310 e. The van der Waals surface area contributed by atoms with E-state index in [2.05, 4.69) is 10.1 Å². The molecule has 6 heteroatoms. The van der Waals surface area contributed by atoms with Crippen molar-refractivity contribution in [1.29, 1.82) is 0 Å². The van der Waals surface area contributed by atoms with E-state index in [0.29, 0.717) is 0 Å². The lowest BCUT2D eigenvalue weighted by molar-refractivity contribution is -0.323. The summed E-state index contributed by atoms with van der Waals surface area (Å²) in [5.74, 6) is 0. The summed E-state index contributed by atoms with van der Waals surface area (Å²) >= 11 is 6.13. The van der Waals surface area contributed by atoms with E-state index in [1.807, 2.05) is 0 Å². The predicted molar refractivity (Wildman–Crippen MR) is 56.5 cm³/mol. The van der Waals surface area contributed by atoms with Crippen molar-refractivity contribution >= 4 is 11.6 Å². The van der Waals surface area contributed by atoms with Crippen LogP contribution >= 0.6 is 11.6 Å². The van der Waals surface area contributed by atoms with Crippen LogP contribution in [0.15, 0.2) is 0 Å². The van der Waals surface area contributed by atoms with Gasteiger partial charge in [-0.2, -0.15) is 0 Å². The summed E-state index contributed by atoms with van der Waals surface area (Å²) in [6.07, 6.45) is 0.665. The van der Waals surface area contributed by atoms with Crippen LogP contribution in [0.25, 0.3) is 0 Å². The van der Waals surface area contributed by atoms with E-state index in [-0.39, 0.29) is 24.6 Å². The summed E-state index contributed by atoms with van der Waals surface area (Å²) in [7, 11) is 0. The number of hydrogen-bond donors (Lipinski definition) is 1. The Morgan fingerprint density at radius 3 is 2.56 bits per heavy atom. The zero-order valence-electron chi connectivity index (χ0n) is 9.02. The van der Waals surface area contributed by atoms with Gasteiger partial charge >= 0.3 is 6.36 Å². The van der Waals surface area contributed by atoms with Gasteiger partial charge in [0.1, 0.15) is 0 Å². The van der Waals surface area contributed by atoms with Crippen LogP contribution in [0.5, 0.6) is 0 Å². The molecule has 0 aromatic carbocycles. The predicted octanol–water partition coefficient (Wildman–Crippen LogP) is 3.05. The van der Waals surface area contributed by atoms with E-state index in [1.54, 1.807) is 0 Å². The van der Waals surface area contributed by atoms with E-state index in [1.165, 1.54) is 0 Å². The Bertz CT molecular complexity index is 201. The molecule has 1 aliphatic rings. The number of nitrogens with one attached hydrogen (secondary N) is 1. The molecule has 0 bridgehead atoms. The first-order valence-corrected chi connectivity index (χ1v) is 6.01. The minimum Gasteiger partial charge on any atom is -0.310 e. The van der Waals surface area contributed by atoms with Crippen LogP contribution in [0.3, 0.4) is 0 Å². The Balaban J connectivity index is 2.15. The molecule has 0 saturated heterocycles. The minimum atomic E-state index is -4.54. The van der Waals surface area contributed by atoms with Gasteiger partial charge in [0.25, 0.3) is 0 Å². The van der Waals surface area contributed by atoms with E-state index in [0.717, 1.165) is 32.1 Å². The van der Waals surface area contributed by atoms with E-state index in [9.17, 15) is 13.2 Å². The summed E-state index contributed by atoms with van der Waals surface area (Å²) in [5, 5.41) is 3.05. The van der Waals surface area contributed by atoms with Crippen LogP contribution in [0.2, 0.25) is 0 Å². The van der Waals surface area contributed by atoms with Crippen LogP contribution in [0, 0.1) is 0 Å². The molecule has 2 nitrogen and oxygen atoms in total. The first-order chi connectivity index (χ1) is 7.49. The normalized spacial score (nSPS) is 27.8. The second-order valence-electron chi connectivity index (χ2n) is 4.01. The molecule has 0 spiro atoms. The lowest BCUT2D eigenvalue weighted by Crippen LogP contribution is -2.38. The molecule has 1 aliphatic carbocycles. The van der Waals surface area contributed by atoms with Gasteiger partial charge in [0.15, 0.2) is 0 Å². The average molecular weight is 260 g/mol. The fourth-order valence-electron chi connectivity index (χ4n) is 1.90. The van der Waals surface area contributed by atoms with Gasteiger partial charge in [0.2, 0.25) is 0 Å². The highest BCUT2D eigenvalue weighted by Gasteiger charge is 2.29. The molecular weight excluding hydrogens is 243 g/mol. The molecule has 1 saturated carbocycles. The Morgan fingerprint density at radius 2 is 1.88 bits per heavy atom. The zero-order chi connectivity index (χ0) is 12.0. The molecule has 0 heterocycles. The number of halogens is 4. The highest BCUT2D eigenvalue weighted by atomic mass is 35.5. The Hall–Kier alpha value is 0. The van der Waals surface area contributed by atoms with Crippen LogP contribution in [0.1, 0.15) is 32.1 Å². The molecule has 2 unspecified atom stereocenters. The van der Waals surface area contributed by atoms with Gasteiger partial charge in [-0.25, -0.2) is 0 Å². The fourth-order valence-corrected chi connectivity index (χ4v) is 2.27. The molecule has 0 aliphatic heterocycles. The molecule has 96 valence electrons. The number of ether oxygens (including phenoxy) is 1. The van der Waals surface area contributed by atoms with Gasteiger partial charge in [0, 0.05) is 18.0 Å². The van der Waals surface area contributed by atoms with Crippen molar-refractivity contribution in [3.63, 3.8) is 0 Å². The SMILES string of the molecule is FC(F)(F)OCCNC1CCCCCC1Cl. The first kappa shape index (κ1) is 14.1. The fraction of sp³-hybridized carbons (Fsp3) is 1.00. The highest BCUT2D eigenvalue weighted by molar-refractivity contribution is 6.21. The summed E-state index contributed by atoms with van der Waals surface area (Å²) in [6.45, 7) is -0.170.